The molecule has 3 aromatic carbocycles. The number of methoxy groups -OCH3 is 2. The van der Waals surface area contributed by atoms with Gasteiger partial charge < -0.3 is 19.3 Å². The van der Waals surface area contributed by atoms with Crippen molar-refractivity contribution in [2.45, 2.75) is 17.9 Å². The second-order valence-corrected chi connectivity index (χ2v) is 8.97. The number of ether oxygens (including phenoxy) is 3. The van der Waals surface area contributed by atoms with Crippen molar-refractivity contribution < 1.29 is 28.3 Å². The maximum absolute atomic E-state index is 13.8. The zero-order valence-electron chi connectivity index (χ0n) is 19.1. The van der Waals surface area contributed by atoms with Gasteiger partial charge in [0.25, 0.3) is 0 Å². The molecule has 0 heterocycles. The number of anilines is 1. The van der Waals surface area contributed by atoms with E-state index < -0.39 is 23.1 Å². The molecule has 0 amide bonds. The van der Waals surface area contributed by atoms with Crippen molar-refractivity contribution >= 4 is 34.2 Å². The Hall–Kier alpha value is -3.07. The minimum absolute atomic E-state index is 0.176. The summed E-state index contributed by atoms with van der Waals surface area (Å²) in [6, 6.07) is 18.7. The Morgan fingerprint density at radius 2 is 1.74 bits per heavy atom. The minimum Gasteiger partial charge on any atom is -0.493 e. The van der Waals surface area contributed by atoms with E-state index in [0.717, 1.165) is 0 Å². The summed E-state index contributed by atoms with van der Waals surface area (Å²) in [6.07, 6.45) is -1.07. The number of rotatable bonds is 10. The average molecular weight is 504 g/mol. The molecule has 0 bridgehead atoms. The van der Waals surface area contributed by atoms with E-state index >= 15 is 0 Å². The number of hydrogen-bond acceptors (Lipinski definition) is 6. The molecule has 2 unspecified atom stereocenters. The van der Waals surface area contributed by atoms with Crippen molar-refractivity contribution in [1.82, 2.24) is 0 Å². The normalized spacial score (nSPS) is 12.5. The van der Waals surface area contributed by atoms with E-state index in [1.165, 1.54) is 18.5 Å². The summed E-state index contributed by atoms with van der Waals surface area (Å²) in [5.41, 5.74) is 1.40. The fraction of sp³-hybridized carbons (Fsp3) is 0.240. The summed E-state index contributed by atoms with van der Waals surface area (Å²) in [7, 11) is 1.12. The quantitative estimate of drug-likeness (QED) is 0.409. The van der Waals surface area contributed by atoms with Gasteiger partial charge in [0.15, 0.2) is 22.5 Å². The second kappa shape index (κ2) is 11.9. The van der Waals surface area contributed by atoms with E-state index in [9.17, 15) is 14.1 Å². The summed E-state index contributed by atoms with van der Waals surface area (Å²) in [5, 5.41) is 11.5. The molecule has 0 saturated carbocycles. The molecule has 0 spiro atoms. The molecule has 0 aliphatic carbocycles. The van der Waals surface area contributed by atoms with Gasteiger partial charge in [-0.05, 0) is 42.8 Å². The van der Waals surface area contributed by atoms with Crippen LogP contribution in [0.15, 0.2) is 71.6 Å². The van der Waals surface area contributed by atoms with Crippen LogP contribution in [0, 0.1) is 0 Å². The van der Waals surface area contributed by atoms with Gasteiger partial charge in [0.05, 0.1) is 31.4 Å². The van der Waals surface area contributed by atoms with Crippen LogP contribution in [-0.4, -0.2) is 42.7 Å². The maximum Gasteiger partial charge on any atom is 0.326 e. The van der Waals surface area contributed by atoms with Crippen molar-refractivity contribution in [3.8, 4) is 11.5 Å². The van der Waals surface area contributed by atoms with Gasteiger partial charge in [0.2, 0.25) is 0 Å². The zero-order chi connectivity index (χ0) is 24.7. The first-order valence-corrected chi connectivity index (χ1v) is 12.0. The fourth-order valence-corrected chi connectivity index (χ4v) is 4.79. The molecule has 1 N–H and O–H groups in total. The largest absolute Gasteiger partial charge is 0.493 e. The van der Waals surface area contributed by atoms with Crippen LogP contribution in [0.4, 0.5) is 5.69 Å². The Morgan fingerprint density at radius 3 is 2.38 bits per heavy atom. The van der Waals surface area contributed by atoms with Gasteiger partial charge in [-0.15, -0.1) is 0 Å². The highest BCUT2D eigenvalue weighted by molar-refractivity contribution is 7.86. The lowest BCUT2D eigenvalue weighted by Crippen LogP contribution is -2.34. The fourth-order valence-electron chi connectivity index (χ4n) is 3.40. The van der Waals surface area contributed by atoms with Crippen LogP contribution in [0.2, 0.25) is 5.02 Å². The van der Waals surface area contributed by atoms with Gasteiger partial charge in [-0.25, -0.2) is 4.21 Å². The summed E-state index contributed by atoms with van der Waals surface area (Å²) in [6.45, 7) is 1.56. The molecular weight excluding hydrogens is 478 g/mol. The molecular formula is C25H26ClNO6S. The number of benzene rings is 3. The summed E-state index contributed by atoms with van der Waals surface area (Å²) < 4.78 is 30.9. The standard InChI is InChI=1S/C25H26ClNO6S/c1-4-33-24(28)16-27(34(30)19-11-13-22(31-2)23(15-19)32-3)21-12-10-18(26)14-20(21)25(29)17-8-6-5-7-9-17/h5-15,25,29H,4,16H2,1-3H3. The minimum atomic E-state index is -1.87. The van der Waals surface area contributed by atoms with E-state index in [1.807, 2.05) is 6.07 Å². The van der Waals surface area contributed by atoms with E-state index in [2.05, 4.69) is 0 Å². The molecule has 0 aromatic heterocycles. The van der Waals surface area contributed by atoms with Crippen LogP contribution in [-0.2, 0) is 20.5 Å². The van der Waals surface area contributed by atoms with Gasteiger partial charge in [0.1, 0.15) is 12.6 Å². The molecule has 0 aliphatic heterocycles. The number of aliphatic hydroxyl groups is 1. The highest BCUT2D eigenvalue weighted by atomic mass is 35.5. The molecule has 9 heteroatoms. The Kier molecular flexibility index (Phi) is 8.92. The number of aliphatic hydroxyl groups excluding tert-OH is 1. The summed E-state index contributed by atoms with van der Waals surface area (Å²) >= 11 is 6.25. The van der Waals surface area contributed by atoms with Crippen molar-refractivity contribution in [3.05, 3.63) is 82.9 Å². The van der Waals surface area contributed by atoms with Crippen molar-refractivity contribution in [2.75, 3.05) is 31.7 Å². The highest BCUT2D eigenvalue weighted by Gasteiger charge is 2.26. The number of halogens is 1. The van der Waals surface area contributed by atoms with E-state index in [-0.39, 0.29) is 13.2 Å². The van der Waals surface area contributed by atoms with Crippen molar-refractivity contribution in [2.24, 2.45) is 0 Å². The number of nitrogens with zero attached hydrogens (tertiary/aromatic N) is 1. The molecule has 0 fully saturated rings. The summed E-state index contributed by atoms with van der Waals surface area (Å²) in [4.78, 5) is 12.8. The molecule has 0 saturated heterocycles. The van der Waals surface area contributed by atoms with Crippen molar-refractivity contribution in [1.29, 1.82) is 0 Å². The number of carbonyl (C=O) groups is 1. The first-order valence-electron chi connectivity index (χ1n) is 10.5. The van der Waals surface area contributed by atoms with Gasteiger partial charge in [-0.2, -0.15) is 0 Å². The smallest absolute Gasteiger partial charge is 0.326 e. The van der Waals surface area contributed by atoms with Gasteiger partial charge >= 0.3 is 5.97 Å². The lowest BCUT2D eigenvalue weighted by Gasteiger charge is -2.27. The first-order chi connectivity index (χ1) is 16.4. The van der Waals surface area contributed by atoms with Crippen LogP contribution < -0.4 is 13.8 Å². The lowest BCUT2D eigenvalue weighted by molar-refractivity contribution is -0.141. The number of esters is 1. The molecule has 0 radical (unpaired) electrons. The molecule has 3 rings (SSSR count). The third-order valence-electron chi connectivity index (χ3n) is 5.00. The molecule has 34 heavy (non-hydrogen) atoms. The third-order valence-corrected chi connectivity index (χ3v) is 6.62. The third kappa shape index (κ3) is 5.88. The highest BCUT2D eigenvalue weighted by Crippen LogP contribution is 2.36. The summed E-state index contributed by atoms with van der Waals surface area (Å²) in [5.74, 6) is 0.309. The average Bonchev–Trinajstić information content (AvgIpc) is 2.86. The van der Waals surface area contributed by atoms with Crippen molar-refractivity contribution in [3.63, 3.8) is 0 Å². The van der Waals surface area contributed by atoms with Crippen LogP contribution in [0.25, 0.3) is 0 Å². The zero-order valence-corrected chi connectivity index (χ0v) is 20.6. The molecule has 7 nitrogen and oxygen atoms in total. The monoisotopic (exact) mass is 503 g/mol. The topological polar surface area (TPSA) is 85.3 Å². The molecule has 2 atom stereocenters. The lowest BCUT2D eigenvalue weighted by atomic mass is 10.00. The second-order valence-electron chi connectivity index (χ2n) is 7.12. The molecule has 180 valence electrons. The first kappa shape index (κ1) is 25.6. The van der Waals surface area contributed by atoms with Crippen LogP contribution in [0.1, 0.15) is 24.2 Å². The van der Waals surface area contributed by atoms with Crippen LogP contribution in [0.3, 0.4) is 0 Å². The maximum atomic E-state index is 13.8. The van der Waals surface area contributed by atoms with E-state index in [0.29, 0.717) is 38.2 Å². The Bertz CT molecular complexity index is 1160. The van der Waals surface area contributed by atoms with Gasteiger partial charge in [-0.1, -0.05) is 41.9 Å². The van der Waals surface area contributed by atoms with Gasteiger partial charge in [0, 0.05) is 16.7 Å². The molecule has 0 aliphatic rings. The SMILES string of the molecule is CCOC(=O)CN(c1ccc(Cl)cc1C(O)c1ccccc1)S(=O)c1ccc(OC)c(OC)c1. The predicted octanol–water partition coefficient (Wildman–Crippen LogP) is 4.53. The Morgan fingerprint density at radius 1 is 1.03 bits per heavy atom. The van der Waals surface area contributed by atoms with Gasteiger partial charge in [-0.3, -0.25) is 9.10 Å². The Balaban J connectivity index is 2.11. The number of carbonyl (C=O) groups excluding carboxylic acids is 1. The Labute approximate surface area is 206 Å². The number of hydrogen-bond donors (Lipinski definition) is 1. The predicted molar refractivity (Wildman–Crippen MR) is 132 cm³/mol. The van der Waals surface area contributed by atoms with E-state index in [4.69, 9.17) is 25.8 Å². The van der Waals surface area contributed by atoms with E-state index in [1.54, 1.807) is 67.6 Å². The molecule has 3 aromatic rings. The van der Waals surface area contributed by atoms with Crippen LogP contribution >= 0.6 is 11.6 Å². The van der Waals surface area contributed by atoms with Crippen LogP contribution in [0.5, 0.6) is 11.5 Å².